The molecule has 0 aromatic carbocycles. The third-order valence-corrected chi connectivity index (χ3v) is 12.5. The first-order chi connectivity index (χ1) is 30.5. The molecule has 3 atom stereocenters. The average Bonchev–Trinajstić information content (AvgIpc) is 3.24. The van der Waals surface area contributed by atoms with Crippen LogP contribution in [0.3, 0.4) is 0 Å². The lowest BCUT2D eigenvalue weighted by Crippen LogP contribution is -2.45. The van der Waals surface area contributed by atoms with E-state index in [1.165, 1.54) is 141 Å². The molecule has 0 aliphatic heterocycles. The molecule has 0 aromatic rings. The van der Waals surface area contributed by atoms with Gasteiger partial charge in [0.15, 0.2) is 0 Å². The van der Waals surface area contributed by atoms with Gasteiger partial charge in [0.25, 0.3) is 0 Å². The molecule has 0 saturated heterocycles. The predicted molar refractivity (Wildman–Crippen MR) is 272 cm³/mol. The summed E-state index contributed by atoms with van der Waals surface area (Å²) in [5, 5.41) is 13.9. The van der Waals surface area contributed by atoms with Crippen molar-refractivity contribution >= 4 is 13.7 Å². The lowest BCUT2D eigenvalue weighted by molar-refractivity contribution is -0.870. The van der Waals surface area contributed by atoms with Gasteiger partial charge in [-0.1, -0.05) is 222 Å². The van der Waals surface area contributed by atoms with Crippen LogP contribution in [-0.2, 0) is 18.4 Å². The summed E-state index contributed by atoms with van der Waals surface area (Å²) in [7, 11) is 1.57. The molecule has 0 bridgehead atoms. The number of rotatable bonds is 47. The van der Waals surface area contributed by atoms with Gasteiger partial charge >= 0.3 is 7.82 Å². The lowest BCUT2D eigenvalue weighted by Gasteiger charge is -2.25. The third kappa shape index (κ3) is 48.0. The van der Waals surface area contributed by atoms with Crippen molar-refractivity contribution in [3.05, 3.63) is 60.8 Å². The molecule has 3 N–H and O–H groups in total. The molecule has 0 aliphatic carbocycles. The number of phosphoric ester groups is 1. The van der Waals surface area contributed by atoms with Crippen molar-refractivity contribution in [1.29, 1.82) is 0 Å². The number of nitrogens with one attached hydrogen (secondary N) is 1. The second-order valence-corrected chi connectivity index (χ2v) is 20.3. The van der Waals surface area contributed by atoms with E-state index in [9.17, 15) is 19.4 Å². The van der Waals surface area contributed by atoms with E-state index in [2.05, 4.69) is 67.8 Å². The van der Waals surface area contributed by atoms with E-state index in [0.29, 0.717) is 17.4 Å². The molecule has 8 nitrogen and oxygen atoms in total. The molecule has 0 rings (SSSR count). The number of unbranched alkanes of at least 4 members (excludes halogenated alkanes) is 26. The molecular weight excluding hydrogens is 804 g/mol. The average molecular weight is 906 g/mol. The Morgan fingerprint density at radius 1 is 0.556 bits per heavy atom. The van der Waals surface area contributed by atoms with E-state index < -0.39 is 20.0 Å². The van der Waals surface area contributed by atoms with Crippen LogP contribution in [0.1, 0.15) is 226 Å². The number of amides is 1. The minimum absolute atomic E-state index is 0.0589. The number of carbonyl (C=O) groups excluding carboxylic acids is 1. The molecule has 9 heteroatoms. The SMILES string of the molecule is CC/C=C\C/C=C\C/C=C\C/C=C\CCCCCCCCCCCCC(=O)NC(COP(=O)(O)OCC[N+](C)(C)C)C(O)/C=C/CCCCCCCCCCCCCCCCCC. The molecule has 0 spiro atoms. The van der Waals surface area contributed by atoms with Gasteiger partial charge in [-0.3, -0.25) is 13.8 Å². The van der Waals surface area contributed by atoms with Gasteiger partial charge in [0, 0.05) is 6.42 Å². The molecule has 0 fully saturated rings. The zero-order chi connectivity index (χ0) is 46.4. The Labute approximate surface area is 390 Å². The molecule has 0 saturated carbocycles. The Kier molecular flexibility index (Phi) is 44.1. The van der Waals surface area contributed by atoms with E-state index >= 15 is 0 Å². The van der Waals surface area contributed by atoms with Gasteiger partial charge in [0.05, 0.1) is 39.9 Å². The maximum atomic E-state index is 12.9. The zero-order valence-electron chi connectivity index (χ0n) is 41.8. The number of likely N-dealkylation sites (N-methyl/N-ethyl adjacent to an activating group) is 1. The number of aliphatic hydroxyl groups is 1. The van der Waals surface area contributed by atoms with E-state index in [1.54, 1.807) is 6.08 Å². The fraction of sp³-hybridized carbons (Fsp3) is 0.796. The summed E-state index contributed by atoms with van der Waals surface area (Å²) >= 11 is 0. The fourth-order valence-electron chi connectivity index (χ4n) is 7.39. The Bertz CT molecular complexity index is 1210. The van der Waals surface area contributed by atoms with Gasteiger partial charge in [0.1, 0.15) is 13.2 Å². The smallest absolute Gasteiger partial charge is 0.387 e. The Morgan fingerprint density at radius 2 is 0.952 bits per heavy atom. The standard InChI is InChI=1S/C54H101N2O6P/c1-6-8-10-12-14-16-18-20-22-24-26-27-28-29-30-32-34-36-38-40-42-44-46-48-54(58)55-52(51-62-63(59,60)61-50-49-56(3,4)5)53(57)47-45-43-41-39-37-35-33-31-25-23-21-19-17-15-13-11-9-7-2/h8,10,14,16,20,22,26-27,45,47,52-53,57H,6-7,9,11-13,15,17-19,21,23-25,28-44,46,48-51H2,1-5H3,(H-,55,58,59,60)/p+1/b10-8-,16-14-,22-20-,27-26-,47-45+. The molecule has 368 valence electrons. The first kappa shape index (κ1) is 61.2. The van der Waals surface area contributed by atoms with Crippen molar-refractivity contribution in [2.75, 3.05) is 40.9 Å². The van der Waals surface area contributed by atoms with Crippen LogP contribution in [0.2, 0.25) is 0 Å². The van der Waals surface area contributed by atoms with Crippen molar-refractivity contribution in [1.82, 2.24) is 5.32 Å². The Balaban J connectivity index is 4.30. The van der Waals surface area contributed by atoms with Crippen LogP contribution in [0.5, 0.6) is 0 Å². The van der Waals surface area contributed by atoms with Crippen LogP contribution >= 0.6 is 7.82 Å². The number of aliphatic hydroxyl groups excluding tert-OH is 1. The number of phosphoric acid groups is 1. The molecular formula is C54H102N2O6P+. The molecule has 0 radical (unpaired) electrons. The van der Waals surface area contributed by atoms with Crippen LogP contribution in [0.4, 0.5) is 0 Å². The highest BCUT2D eigenvalue weighted by Gasteiger charge is 2.27. The first-order valence-corrected chi connectivity index (χ1v) is 27.7. The largest absolute Gasteiger partial charge is 0.472 e. The summed E-state index contributed by atoms with van der Waals surface area (Å²) in [5.41, 5.74) is 0. The highest BCUT2D eigenvalue weighted by atomic mass is 31.2. The molecule has 3 unspecified atom stereocenters. The number of quaternary nitrogens is 1. The quantitative estimate of drug-likeness (QED) is 0.0243. The number of hydrogen-bond donors (Lipinski definition) is 3. The maximum absolute atomic E-state index is 12.9. The van der Waals surface area contributed by atoms with Gasteiger partial charge in [-0.2, -0.15) is 0 Å². The summed E-state index contributed by atoms with van der Waals surface area (Å²) < 4.78 is 23.7. The van der Waals surface area contributed by atoms with Crippen molar-refractivity contribution < 1.29 is 32.9 Å². The minimum atomic E-state index is -4.35. The summed E-state index contributed by atoms with van der Waals surface area (Å²) in [6, 6.07) is -0.851. The number of allylic oxidation sites excluding steroid dienone is 9. The van der Waals surface area contributed by atoms with Crippen LogP contribution in [0.25, 0.3) is 0 Å². The van der Waals surface area contributed by atoms with Gasteiger partial charge < -0.3 is 19.8 Å². The van der Waals surface area contributed by atoms with E-state index in [4.69, 9.17) is 9.05 Å². The van der Waals surface area contributed by atoms with Gasteiger partial charge in [-0.15, -0.1) is 0 Å². The third-order valence-electron chi connectivity index (χ3n) is 11.5. The highest BCUT2D eigenvalue weighted by molar-refractivity contribution is 7.47. The molecule has 0 aliphatic rings. The van der Waals surface area contributed by atoms with E-state index in [0.717, 1.165) is 64.2 Å². The summed E-state index contributed by atoms with van der Waals surface area (Å²) in [4.78, 5) is 23.2. The fourth-order valence-corrected chi connectivity index (χ4v) is 8.12. The second kappa shape index (κ2) is 45.4. The van der Waals surface area contributed by atoms with Crippen LogP contribution in [0.15, 0.2) is 60.8 Å². The Hall–Kier alpha value is -1.80. The summed E-state index contributed by atoms with van der Waals surface area (Å²) in [6.07, 6.45) is 60.1. The van der Waals surface area contributed by atoms with Gasteiger partial charge in [0.2, 0.25) is 5.91 Å². The zero-order valence-corrected chi connectivity index (χ0v) is 42.7. The summed E-state index contributed by atoms with van der Waals surface area (Å²) in [5.74, 6) is -0.183. The molecule has 1 amide bonds. The summed E-state index contributed by atoms with van der Waals surface area (Å²) in [6.45, 7) is 4.71. The maximum Gasteiger partial charge on any atom is 0.472 e. The number of carbonyl (C=O) groups is 1. The van der Waals surface area contributed by atoms with Crippen molar-refractivity contribution in [2.45, 2.75) is 238 Å². The van der Waals surface area contributed by atoms with Crippen molar-refractivity contribution in [3.63, 3.8) is 0 Å². The number of nitrogens with zero attached hydrogens (tertiary/aromatic N) is 1. The molecule has 0 aromatic heterocycles. The van der Waals surface area contributed by atoms with Crippen molar-refractivity contribution in [3.8, 4) is 0 Å². The minimum Gasteiger partial charge on any atom is -0.387 e. The van der Waals surface area contributed by atoms with Gasteiger partial charge in [-0.25, -0.2) is 4.57 Å². The Morgan fingerprint density at radius 3 is 1.40 bits per heavy atom. The normalized spacial score (nSPS) is 14.6. The van der Waals surface area contributed by atoms with Crippen LogP contribution in [0, 0.1) is 0 Å². The predicted octanol–water partition coefficient (Wildman–Crippen LogP) is 15.4. The molecule has 0 heterocycles. The monoisotopic (exact) mass is 906 g/mol. The highest BCUT2D eigenvalue weighted by Crippen LogP contribution is 2.43. The van der Waals surface area contributed by atoms with Crippen molar-refractivity contribution in [2.24, 2.45) is 0 Å². The molecule has 63 heavy (non-hydrogen) atoms. The van der Waals surface area contributed by atoms with Crippen LogP contribution in [-0.4, -0.2) is 73.4 Å². The van der Waals surface area contributed by atoms with Gasteiger partial charge in [-0.05, 0) is 57.8 Å². The number of hydrogen-bond acceptors (Lipinski definition) is 5. The topological polar surface area (TPSA) is 105 Å². The first-order valence-electron chi connectivity index (χ1n) is 26.2. The van der Waals surface area contributed by atoms with E-state index in [1.807, 2.05) is 27.2 Å². The lowest BCUT2D eigenvalue weighted by atomic mass is 10.0. The van der Waals surface area contributed by atoms with Crippen LogP contribution < -0.4 is 5.32 Å². The van der Waals surface area contributed by atoms with E-state index in [-0.39, 0.29) is 19.1 Å². The second-order valence-electron chi connectivity index (χ2n) is 18.9.